The number of rotatable bonds is 5. The highest BCUT2D eigenvalue weighted by molar-refractivity contribution is 5.94. The highest BCUT2D eigenvalue weighted by Crippen LogP contribution is 2.29. The van der Waals surface area contributed by atoms with Gasteiger partial charge in [0.1, 0.15) is 0 Å². The van der Waals surface area contributed by atoms with Crippen LogP contribution < -0.4 is 9.64 Å². The second-order valence-corrected chi connectivity index (χ2v) is 8.59. The molecule has 1 fully saturated rings. The van der Waals surface area contributed by atoms with Gasteiger partial charge in [-0.05, 0) is 49.4 Å². The lowest BCUT2D eigenvalue weighted by Gasteiger charge is -2.33. The summed E-state index contributed by atoms with van der Waals surface area (Å²) in [5.41, 5.74) is 1.99. The summed E-state index contributed by atoms with van der Waals surface area (Å²) in [6.07, 6.45) is 1.87. The zero-order valence-corrected chi connectivity index (χ0v) is 19.7. The van der Waals surface area contributed by atoms with E-state index in [2.05, 4.69) is 15.0 Å². The van der Waals surface area contributed by atoms with Gasteiger partial charge in [0.15, 0.2) is 17.4 Å². The van der Waals surface area contributed by atoms with E-state index < -0.39 is 5.82 Å². The molecule has 1 aliphatic heterocycles. The number of hydrogen-bond donors (Lipinski definition) is 1. The smallest absolute Gasteiger partial charge is 0.327 e. The van der Waals surface area contributed by atoms with E-state index in [1.807, 2.05) is 42.3 Å². The van der Waals surface area contributed by atoms with Crippen LogP contribution in [-0.4, -0.2) is 70.6 Å². The fraction of sp³-hybridized carbons (Fsp3) is 0.280. The molecule has 0 saturated carbocycles. The summed E-state index contributed by atoms with van der Waals surface area (Å²) >= 11 is 0. The minimum Gasteiger partial charge on any atom is -0.421 e. The Labute approximate surface area is 201 Å². The van der Waals surface area contributed by atoms with Gasteiger partial charge in [0, 0.05) is 48.9 Å². The lowest BCUT2D eigenvalue weighted by molar-refractivity contribution is 0.0827. The number of benzene rings is 2. The number of aromatic amines is 1. The normalized spacial score (nSPS) is 15.9. The Balaban J connectivity index is 1.54. The van der Waals surface area contributed by atoms with E-state index in [1.54, 1.807) is 14.1 Å². The van der Waals surface area contributed by atoms with Crippen molar-refractivity contribution in [3.8, 4) is 23.1 Å². The van der Waals surface area contributed by atoms with E-state index in [0.717, 1.165) is 22.5 Å². The minimum atomic E-state index is -0.685. The van der Waals surface area contributed by atoms with Crippen molar-refractivity contribution in [3.05, 3.63) is 60.0 Å². The van der Waals surface area contributed by atoms with Crippen LogP contribution in [0.1, 0.15) is 17.3 Å². The lowest BCUT2D eigenvalue weighted by Crippen LogP contribution is -2.44. The average Bonchev–Trinajstić information content (AvgIpc) is 3.33. The molecule has 2 aromatic heterocycles. The molecule has 35 heavy (non-hydrogen) atoms. The molecule has 0 radical (unpaired) electrons. The molecular weight excluding hydrogens is 451 g/mol. The maximum atomic E-state index is 14.8. The Kier molecular flexibility index (Phi) is 6.04. The second-order valence-electron chi connectivity index (χ2n) is 8.59. The number of nitrogens with one attached hydrogen (secondary N) is 1. The van der Waals surface area contributed by atoms with E-state index in [9.17, 15) is 9.18 Å². The molecule has 3 heterocycles. The Morgan fingerprint density at radius 3 is 2.80 bits per heavy atom. The number of fused-ring (bicyclic) bond motifs is 1. The van der Waals surface area contributed by atoms with Crippen molar-refractivity contribution in [2.45, 2.75) is 13.0 Å². The molecule has 4 aromatic rings. The van der Waals surface area contributed by atoms with Crippen LogP contribution >= 0.6 is 0 Å². The molecule has 1 unspecified atom stereocenters. The summed E-state index contributed by atoms with van der Waals surface area (Å²) in [7, 11) is 3.21. The van der Waals surface area contributed by atoms with Gasteiger partial charge in [0.05, 0.1) is 19.3 Å². The third-order valence-corrected chi connectivity index (χ3v) is 5.83. The predicted molar refractivity (Wildman–Crippen MR) is 129 cm³/mol. The predicted octanol–water partition coefficient (Wildman–Crippen LogP) is 3.88. The number of H-pyrrole nitrogens is 1. The highest BCUT2D eigenvalue weighted by atomic mass is 19.1. The number of carbonyl (C=O) groups is 1. The Morgan fingerprint density at radius 2 is 2.03 bits per heavy atom. The molecule has 180 valence electrons. The quantitative estimate of drug-likeness (QED) is 0.467. The monoisotopic (exact) mass is 476 g/mol. The zero-order chi connectivity index (χ0) is 24.5. The van der Waals surface area contributed by atoms with E-state index in [4.69, 9.17) is 14.5 Å². The van der Waals surface area contributed by atoms with Crippen molar-refractivity contribution >= 4 is 22.8 Å². The summed E-state index contributed by atoms with van der Waals surface area (Å²) in [6.45, 7) is 3.72. The number of anilines is 1. The van der Waals surface area contributed by atoms with Crippen LogP contribution in [0.15, 0.2) is 48.7 Å². The molecule has 1 aliphatic rings. The molecule has 2 aromatic carbocycles. The highest BCUT2D eigenvalue weighted by Gasteiger charge is 2.24. The van der Waals surface area contributed by atoms with Gasteiger partial charge in [-0.1, -0.05) is 0 Å². The fourth-order valence-corrected chi connectivity index (χ4v) is 3.94. The van der Waals surface area contributed by atoms with Crippen LogP contribution in [-0.2, 0) is 4.74 Å². The summed E-state index contributed by atoms with van der Waals surface area (Å²) in [5, 5.41) is 1.01. The van der Waals surface area contributed by atoms with Crippen LogP contribution in [0, 0.1) is 5.82 Å². The maximum absolute atomic E-state index is 14.8. The number of carbonyl (C=O) groups excluding carboxylic acids is 1. The van der Waals surface area contributed by atoms with Gasteiger partial charge in [0.2, 0.25) is 5.95 Å². The van der Waals surface area contributed by atoms with Crippen LogP contribution in [0.5, 0.6) is 11.8 Å². The fourth-order valence-electron chi connectivity index (χ4n) is 3.94. The maximum Gasteiger partial charge on any atom is 0.327 e. The number of ether oxygens (including phenoxy) is 2. The first-order chi connectivity index (χ1) is 16.9. The van der Waals surface area contributed by atoms with Crippen molar-refractivity contribution < 1.29 is 18.7 Å². The van der Waals surface area contributed by atoms with E-state index in [1.165, 1.54) is 17.0 Å². The SMILES string of the molecule is CC1COCCN1c1nc(Oc2ccc(C(=O)N(C)C)cc2F)nc(-c2ccc3[nH]ccc3c2)n1. The van der Waals surface area contributed by atoms with Crippen molar-refractivity contribution in [2.75, 3.05) is 38.8 Å². The van der Waals surface area contributed by atoms with Gasteiger partial charge in [-0.25, -0.2) is 4.39 Å². The first-order valence-electron chi connectivity index (χ1n) is 11.3. The Hall–Kier alpha value is -4.05. The van der Waals surface area contributed by atoms with Gasteiger partial charge in [0.25, 0.3) is 5.91 Å². The molecule has 1 saturated heterocycles. The van der Waals surface area contributed by atoms with Crippen LogP contribution in [0.2, 0.25) is 0 Å². The molecule has 1 N–H and O–H groups in total. The van der Waals surface area contributed by atoms with Gasteiger partial charge in [-0.15, -0.1) is 0 Å². The number of halogens is 1. The van der Waals surface area contributed by atoms with Crippen LogP contribution in [0.3, 0.4) is 0 Å². The van der Waals surface area contributed by atoms with Crippen LogP contribution in [0.25, 0.3) is 22.3 Å². The third kappa shape index (κ3) is 4.65. The van der Waals surface area contributed by atoms with Gasteiger partial charge < -0.3 is 24.3 Å². The number of amides is 1. The van der Waals surface area contributed by atoms with E-state index in [-0.39, 0.29) is 29.3 Å². The van der Waals surface area contributed by atoms with Crippen molar-refractivity contribution in [3.63, 3.8) is 0 Å². The average molecular weight is 477 g/mol. The van der Waals surface area contributed by atoms with Gasteiger partial charge in [-0.2, -0.15) is 15.0 Å². The summed E-state index contributed by atoms with van der Waals surface area (Å²) < 4.78 is 26.2. The molecule has 5 rings (SSSR count). The van der Waals surface area contributed by atoms with E-state index in [0.29, 0.717) is 31.5 Å². The summed E-state index contributed by atoms with van der Waals surface area (Å²) in [5.74, 6) is -0.239. The third-order valence-electron chi connectivity index (χ3n) is 5.83. The summed E-state index contributed by atoms with van der Waals surface area (Å²) in [6, 6.07) is 11.9. The molecule has 1 atom stereocenters. The van der Waals surface area contributed by atoms with E-state index >= 15 is 0 Å². The van der Waals surface area contributed by atoms with Gasteiger partial charge >= 0.3 is 6.01 Å². The molecule has 0 bridgehead atoms. The standard InChI is InChI=1S/C25H25FN6O3/c1-15-14-34-11-10-32(15)24-28-22(17-4-6-20-16(12-17)8-9-27-20)29-25(30-24)35-21-7-5-18(13-19(21)26)23(33)31(2)3/h4-9,12-13,15,27H,10-11,14H2,1-3H3. The summed E-state index contributed by atoms with van der Waals surface area (Å²) in [4.78, 5) is 32.4. The van der Waals surface area contributed by atoms with Crippen molar-refractivity contribution in [1.82, 2.24) is 24.8 Å². The van der Waals surface area contributed by atoms with Gasteiger partial charge in [-0.3, -0.25) is 4.79 Å². The first kappa shape index (κ1) is 22.7. The molecule has 9 nitrogen and oxygen atoms in total. The molecule has 0 aliphatic carbocycles. The topological polar surface area (TPSA) is 96.5 Å². The number of hydrogen-bond acceptors (Lipinski definition) is 7. The Bertz CT molecular complexity index is 1390. The molecule has 0 spiro atoms. The zero-order valence-electron chi connectivity index (χ0n) is 19.7. The number of nitrogens with zero attached hydrogens (tertiary/aromatic N) is 5. The molecular formula is C25H25FN6O3. The minimum absolute atomic E-state index is 0.0385. The number of morpholine rings is 1. The molecule has 10 heteroatoms. The first-order valence-corrected chi connectivity index (χ1v) is 11.3. The lowest BCUT2D eigenvalue weighted by atomic mass is 10.1. The number of aromatic nitrogens is 4. The van der Waals surface area contributed by atoms with Crippen LogP contribution in [0.4, 0.5) is 10.3 Å². The van der Waals surface area contributed by atoms with Crippen molar-refractivity contribution in [2.24, 2.45) is 0 Å². The Morgan fingerprint density at radius 1 is 1.17 bits per heavy atom. The largest absolute Gasteiger partial charge is 0.421 e. The molecule has 1 amide bonds. The second kappa shape index (κ2) is 9.30. The van der Waals surface area contributed by atoms with Crippen molar-refractivity contribution in [1.29, 1.82) is 0 Å².